The van der Waals surface area contributed by atoms with Crippen LogP contribution < -0.4 is 10.1 Å². The number of nitrogens with one attached hydrogen (secondary N) is 1. The number of methoxy groups -OCH3 is 1. The van der Waals surface area contributed by atoms with Gasteiger partial charge in [0, 0.05) is 18.5 Å². The van der Waals surface area contributed by atoms with E-state index >= 15 is 0 Å². The van der Waals surface area contributed by atoms with Crippen molar-refractivity contribution in [2.45, 2.75) is 6.42 Å². The summed E-state index contributed by atoms with van der Waals surface area (Å²) in [6.45, 7) is 0.471. The van der Waals surface area contributed by atoms with E-state index < -0.39 is 0 Å². The maximum Gasteiger partial charge on any atom is 0.251 e. The number of ether oxygens (including phenoxy) is 1. The lowest BCUT2D eigenvalue weighted by atomic mass is 10.2. The molecule has 1 aromatic carbocycles. The monoisotopic (exact) mass is 261 g/mol. The zero-order chi connectivity index (χ0) is 13.7. The third kappa shape index (κ3) is 3.28. The Morgan fingerprint density at radius 2 is 2.26 bits per heavy atom. The Morgan fingerprint density at radius 1 is 1.42 bits per heavy atom. The van der Waals surface area contributed by atoms with Crippen LogP contribution in [0.1, 0.15) is 16.1 Å². The van der Waals surface area contributed by atoms with Gasteiger partial charge in [0.05, 0.1) is 13.4 Å². The number of furan rings is 1. The fourth-order valence-corrected chi connectivity index (χ4v) is 1.69. The minimum absolute atomic E-state index is 0.0545. The molecule has 0 spiro atoms. The molecule has 0 fully saturated rings. The van der Waals surface area contributed by atoms with Gasteiger partial charge in [-0.1, -0.05) is 0 Å². The van der Waals surface area contributed by atoms with Crippen LogP contribution in [0.3, 0.4) is 0 Å². The number of carbonyl (C=O) groups is 1. The highest BCUT2D eigenvalue weighted by molar-refractivity contribution is 5.94. The van der Waals surface area contributed by atoms with Crippen LogP contribution in [0.5, 0.6) is 11.5 Å². The molecule has 1 heterocycles. The molecule has 1 aromatic heterocycles. The van der Waals surface area contributed by atoms with E-state index in [1.54, 1.807) is 24.5 Å². The first kappa shape index (κ1) is 13.0. The van der Waals surface area contributed by atoms with Gasteiger partial charge in [-0.2, -0.15) is 0 Å². The summed E-state index contributed by atoms with van der Waals surface area (Å²) in [4.78, 5) is 11.8. The Bertz CT molecular complexity index is 549. The number of rotatable bonds is 5. The van der Waals surface area contributed by atoms with Gasteiger partial charge >= 0.3 is 0 Å². The Hall–Kier alpha value is -2.43. The molecule has 0 saturated carbocycles. The van der Waals surface area contributed by atoms with E-state index in [2.05, 4.69) is 5.32 Å². The number of benzene rings is 1. The van der Waals surface area contributed by atoms with Crippen LogP contribution >= 0.6 is 0 Å². The van der Waals surface area contributed by atoms with E-state index in [-0.39, 0.29) is 11.7 Å². The fraction of sp³-hybridized carbons (Fsp3) is 0.214. The summed E-state index contributed by atoms with van der Waals surface area (Å²) in [6.07, 6.45) is 2.22. The Labute approximate surface area is 110 Å². The maximum atomic E-state index is 11.8. The van der Waals surface area contributed by atoms with Crippen LogP contribution in [-0.2, 0) is 6.42 Å². The van der Waals surface area contributed by atoms with Gasteiger partial charge in [0.25, 0.3) is 5.91 Å². The minimum atomic E-state index is -0.246. The minimum Gasteiger partial charge on any atom is -0.504 e. The summed E-state index contributed by atoms with van der Waals surface area (Å²) < 4.78 is 10.1. The molecular weight excluding hydrogens is 246 g/mol. The SMILES string of the molecule is COc1ccc(C(=O)NCCc2ccco2)cc1O. The average molecular weight is 261 g/mol. The highest BCUT2D eigenvalue weighted by Gasteiger charge is 2.09. The van der Waals surface area contributed by atoms with Gasteiger partial charge in [-0.3, -0.25) is 4.79 Å². The van der Waals surface area contributed by atoms with Crippen molar-refractivity contribution in [2.75, 3.05) is 13.7 Å². The zero-order valence-electron chi connectivity index (χ0n) is 10.6. The molecule has 0 unspecified atom stereocenters. The van der Waals surface area contributed by atoms with Gasteiger partial charge in [-0.25, -0.2) is 0 Å². The summed E-state index contributed by atoms with van der Waals surface area (Å²) in [5.41, 5.74) is 0.387. The van der Waals surface area contributed by atoms with Crippen molar-refractivity contribution in [3.63, 3.8) is 0 Å². The number of hydrogen-bond donors (Lipinski definition) is 2. The van der Waals surface area contributed by atoms with Crippen molar-refractivity contribution < 1.29 is 19.1 Å². The van der Waals surface area contributed by atoms with Gasteiger partial charge in [0.15, 0.2) is 11.5 Å². The zero-order valence-corrected chi connectivity index (χ0v) is 10.6. The molecule has 2 aromatic rings. The summed E-state index contributed by atoms with van der Waals surface area (Å²) in [6, 6.07) is 8.18. The van der Waals surface area contributed by atoms with Crippen LogP contribution in [0.15, 0.2) is 41.0 Å². The lowest BCUT2D eigenvalue weighted by molar-refractivity contribution is 0.0953. The molecular formula is C14H15NO4. The van der Waals surface area contributed by atoms with Crippen LogP contribution in [0.2, 0.25) is 0 Å². The van der Waals surface area contributed by atoms with Gasteiger partial charge in [-0.05, 0) is 30.3 Å². The number of amides is 1. The first-order valence-electron chi connectivity index (χ1n) is 5.88. The predicted octanol–water partition coefficient (Wildman–Crippen LogP) is 1.97. The summed E-state index contributed by atoms with van der Waals surface area (Å²) in [5.74, 6) is 0.857. The molecule has 100 valence electrons. The lowest BCUT2D eigenvalue weighted by Crippen LogP contribution is -2.25. The van der Waals surface area contributed by atoms with Crippen molar-refractivity contribution in [2.24, 2.45) is 0 Å². The van der Waals surface area contributed by atoms with Crippen molar-refractivity contribution in [1.29, 1.82) is 0 Å². The average Bonchev–Trinajstić information content (AvgIpc) is 2.91. The second-order valence-electron chi connectivity index (χ2n) is 3.97. The number of phenols is 1. The summed E-state index contributed by atoms with van der Waals surface area (Å²) >= 11 is 0. The standard InChI is InChI=1S/C14H15NO4/c1-18-13-5-4-10(9-12(13)16)14(17)15-7-6-11-3-2-8-19-11/h2-5,8-9,16H,6-7H2,1H3,(H,15,17). The largest absolute Gasteiger partial charge is 0.504 e. The Kier molecular flexibility index (Phi) is 4.07. The summed E-state index contributed by atoms with van der Waals surface area (Å²) in [7, 11) is 1.46. The molecule has 0 atom stereocenters. The number of aromatic hydroxyl groups is 1. The first-order valence-corrected chi connectivity index (χ1v) is 5.88. The van der Waals surface area contributed by atoms with Crippen LogP contribution in [0, 0.1) is 0 Å². The molecule has 0 bridgehead atoms. The second-order valence-corrected chi connectivity index (χ2v) is 3.97. The molecule has 0 aliphatic heterocycles. The van der Waals surface area contributed by atoms with E-state index in [1.807, 2.05) is 6.07 Å². The molecule has 5 heteroatoms. The molecule has 5 nitrogen and oxygen atoms in total. The molecule has 2 rings (SSSR count). The van der Waals surface area contributed by atoms with Crippen LogP contribution in [0.25, 0.3) is 0 Å². The lowest BCUT2D eigenvalue weighted by Gasteiger charge is -2.07. The van der Waals surface area contributed by atoms with E-state index in [4.69, 9.17) is 9.15 Å². The third-order valence-electron chi connectivity index (χ3n) is 2.68. The Balaban J connectivity index is 1.91. The van der Waals surface area contributed by atoms with Gasteiger partial charge < -0.3 is 19.6 Å². The van der Waals surface area contributed by atoms with Gasteiger partial charge in [0.2, 0.25) is 0 Å². The Morgan fingerprint density at radius 3 is 2.89 bits per heavy atom. The van der Waals surface area contributed by atoms with E-state index in [1.165, 1.54) is 13.2 Å². The molecule has 0 saturated heterocycles. The van der Waals surface area contributed by atoms with Gasteiger partial charge in [-0.15, -0.1) is 0 Å². The van der Waals surface area contributed by atoms with E-state index in [0.29, 0.717) is 24.3 Å². The van der Waals surface area contributed by atoms with Crippen LogP contribution in [0.4, 0.5) is 0 Å². The van der Waals surface area contributed by atoms with Crippen molar-refractivity contribution in [3.8, 4) is 11.5 Å². The van der Waals surface area contributed by atoms with Crippen molar-refractivity contribution in [1.82, 2.24) is 5.32 Å². The molecule has 0 radical (unpaired) electrons. The molecule has 0 aliphatic rings. The third-order valence-corrected chi connectivity index (χ3v) is 2.68. The topological polar surface area (TPSA) is 71.7 Å². The van der Waals surface area contributed by atoms with Crippen molar-refractivity contribution >= 4 is 5.91 Å². The van der Waals surface area contributed by atoms with Crippen LogP contribution in [-0.4, -0.2) is 24.7 Å². The summed E-state index contributed by atoms with van der Waals surface area (Å²) in [5, 5.41) is 12.3. The molecule has 2 N–H and O–H groups in total. The number of carbonyl (C=O) groups excluding carboxylic acids is 1. The highest BCUT2D eigenvalue weighted by Crippen LogP contribution is 2.26. The molecule has 19 heavy (non-hydrogen) atoms. The maximum absolute atomic E-state index is 11.8. The normalized spacial score (nSPS) is 10.2. The van der Waals surface area contributed by atoms with E-state index in [0.717, 1.165) is 5.76 Å². The second kappa shape index (κ2) is 5.95. The smallest absolute Gasteiger partial charge is 0.251 e. The highest BCUT2D eigenvalue weighted by atomic mass is 16.5. The number of phenolic OH excluding ortho intramolecular Hbond substituents is 1. The quantitative estimate of drug-likeness (QED) is 0.863. The van der Waals surface area contributed by atoms with E-state index in [9.17, 15) is 9.90 Å². The predicted molar refractivity (Wildman–Crippen MR) is 69.4 cm³/mol. The fourth-order valence-electron chi connectivity index (χ4n) is 1.69. The molecule has 1 amide bonds. The first-order chi connectivity index (χ1) is 9.20. The number of hydrogen-bond acceptors (Lipinski definition) is 4. The van der Waals surface area contributed by atoms with Crippen molar-refractivity contribution in [3.05, 3.63) is 47.9 Å². The molecule has 0 aliphatic carbocycles. The van der Waals surface area contributed by atoms with Gasteiger partial charge in [0.1, 0.15) is 5.76 Å².